The molecule has 0 saturated heterocycles. The van der Waals surface area contributed by atoms with E-state index in [2.05, 4.69) is 37.8 Å². The van der Waals surface area contributed by atoms with Crippen molar-refractivity contribution in [2.75, 3.05) is 11.5 Å². The van der Waals surface area contributed by atoms with Gasteiger partial charge in [-0.3, -0.25) is 0 Å². The third kappa shape index (κ3) is 5.26. The lowest BCUT2D eigenvalue weighted by Gasteiger charge is -2.24. The van der Waals surface area contributed by atoms with Crippen molar-refractivity contribution < 1.29 is 0 Å². The highest BCUT2D eigenvalue weighted by Crippen LogP contribution is 2.27. The highest BCUT2D eigenvalue weighted by molar-refractivity contribution is 7.99. The van der Waals surface area contributed by atoms with Crippen LogP contribution < -0.4 is 5.32 Å². The molecule has 1 aliphatic rings. The highest BCUT2D eigenvalue weighted by atomic mass is 32.2. The van der Waals surface area contributed by atoms with Gasteiger partial charge < -0.3 is 5.32 Å². The lowest BCUT2D eigenvalue weighted by atomic mass is 9.99. The molecular weight excluding hydrogens is 202 g/mol. The van der Waals surface area contributed by atoms with Gasteiger partial charge in [0.15, 0.2) is 0 Å². The van der Waals surface area contributed by atoms with Crippen molar-refractivity contribution >= 4 is 11.8 Å². The molecule has 2 unspecified atom stereocenters. The van der Waals surface area contributed by atoms with Gasteiger partial charge in [-0.15, -0.1) is 0 Å². The summed E-state index contributed by atoms with van der Waals surface area (Å²) >= 11 is 2.06. The Bertz CT molecular complexity index is 155. The molecule has 0 aromatic carbocycles. The van der Waals surface area contributed by atoms with Crippen molar-refractivity contribution in [1.82, 2.24) is 5.32 Å². The minimum Gasteiger partial charge on any atom is -0.311 e. The van der Waals surface area contributed by atoms with Crippen LogP contribution in [0.2, 0.25) is 0 Å². The number of nitrogens with one attached hydrogen (secondary N) is 1. The second kappa shape index (κ2) is 7.56. The second-order valence-corrected chi connectivity index (χ2v) is 6.28. The van der Waals surface area contributed by atoms with Crippen LogP contribution >= 0.6 is 11.8 Å². The van der Waals surface area contributed by atoms with Crippen LogP contribution in [0, 0.1) is 5.92 Å². The van der Waals surface area contributed by atoms with Crippen LogP contribution in [0.25, 0.3) is 0 Å². The van der Waals surface area contributed by atoms with Gasteiger partial charge in [0.1, 0.15) is 0 Å². The number of hydrogen-bond donors (Lipinski definition) is 1. The Balaban J connectivity index is 2.10. The number of hydrogen-bond acceptors (Lipinski definition) is 2. The van der Waals surface area contributed by atoms with Gasteiger partial charge in [0, 0.05) is 12.1 Å². The predicted octanol–water partition coefficient (Wildman–Crippen LogP) is 3.69. The Morgan fingerprint density at radius 3 is 2.53 bits per heavy atom. The largest absolute Gasteiger partial charge is 0.311 e. The molecule has 1 aliphatic carbocycles. The van der Waals surface area contributed by atoms with E-state index >= 15 is 0 Å². The minimum absolute atomic E-state index is 0.694. The summed E-state index contributed by atoms with van der Waals surface area (Å²) in [5.41, 5.74) is 0. The van der Waals surface area contributed by atoms with Crippen LogP contribution in [0.15, 0.2) is 0 Å². The molecule has 0 aromatic heterocycles. The summed E-state index contributed by atoms with van der Waals surface area (Å²) in [6.07, 6.45) is 7.12. The molecule has 0 bridgehead atoms. The molecule has 90 valence electrons. The first kappa shape index (κ1) is 13.4. The van der Waals surface area contributed by atoms with Gasteiger partial charge in [-0.05, 0) is 50.5 Å². The van der Waals surface area contributed by atoms with Gasteiger partial charge in [0.2, 0.25) is 0 Å². The zero-order chi connectivity index (χ0) is 11.1. The van der Waals surface area contributed by atoms with E-state index < -0.39 is 0 Å². The summed E-state index contributed by atoms with van der Waals surface area (Å²) in [5, 5.41) is 3.77. The first-order valence-electron chi connectivity index (χ1n) is 6.57. The summed E-state index contributed by atoms with van der Waals surface area (Å²) < 4.78 is 0. The Kier molecular flexibility index (Phi) is 6.74. The zero-order valence-corrected chi connectivity index (χ0v) is 11.4. The quantitative estimate of drug-likeness (QED) is 0.668. The SMILES string of the molecule is CCSCCC(C)NC(C)C1CCCC1. The minimum atomic E-state index is 0.694. The van der Waals surface area contributed by atoms with Crippen molar-refractivity contribution in [3.8, 4) is 0 Å². The summed E-state index contributed by atoms with van der Waals surface area (Å²) in [6.45, 7) is 6.95. The van der Waals surface area contributed by atoms with Gasteiger partial charge in [-0.2, -0.15) is 11.8 Å². The van der Waals surface area contributed by atoms with Crippen LogP contribution in [0.5, 0.6) is 0 Å². The van der Waals surface area contributed by atoms with Crippen LogP contribution in [0.3, 0.4) is 0 Å². The summed E-state index contributed by atoms with van der Waals surface area (Å²) in [6, 6.07) is 1.42. The molecule has 0 aromatic rings. The Labute approximate surface area is 99.8 Å². The van der Waals surface area contributed by atoms with Crippen LogP contribution in [-0.2, 0) is 0 Å². The third-order valence-electron chi connectivity index (χ3n) is 3.55. The fourth-order valence-corrected chi connectivity index (χ4v) is 3.34. The molecule has 1 saturated carbocycles. The molecule has 0 amide bonds. The third-order valence-corrected chi connectivity index (χ3v) is 4.49. The zero-order valence-electron chi connectivity index (χ0n) is 10.6. The molecule has 2 heteroatoms. The highest BCUT2D eigenvalue weighted by Gasteiger charge is 2.22. The monoisotopic (exact) mass is 229 g/mol. The molecule has 0 radical (unpaired) electrons. The molecule has 1 rings (SSSR count). The van der Waals surface area contributed by atoms with Gasteiger partial charge in [-0.1, -0.05) is 19.8 Å². The average Bonchev–Trinajstić information content (AvgIpc) is 2.70. The molecule has 1 nitrogen and oxygen atoms in total. The van der Waals surface area contributed by atoms with E-state index in [1.54, 1.807) is 0 Å². The first-order valence-corrected chi connectivity index (χ1v) is 7.73. The molecule has 0 aliphatic heterocycles. The lowest BCUT2D eigenvalue weighted by Crippen LogP contribution is -2.39. The maximum absolute atomic E-state index is 3.77. The standard InChI is InChI=1S/C13H27NS/c1-4-15-10-9-11(2)14-12(3)13-7-5-6-8-13/h11-14H,4-10H2,1-3H3. The predicted molar refractivity (Wildman–Crippen MR) is 71.6 cm³/mol. The molecule has 1 N–H and O–H groups in total. The van der Waals surface area contributed by atoms with E-state index in [4.69, 9.17) is 0 Å². The van der Waals surface area contributed by atoms with Crippen LogP contribution in [0.1, 0.15) is 52.9 Å². The van der Waals surface area contributed by atoms with E-state index in [1.807, 2.05) is 0 Å². The van der Waals surface area contributed by atoms with Crippen molar-refractivity contribution in [3.05, 3.63) is 0 Å². The Morgan fingerprint density at radius 1 is 1.27 bits per heavy atom. The van der Waals surface area contributed by atoms with Crippen molar-refractivity contribution in [2.24, 2.45) is 5.92 Å². The average molecular weight is 229 g/mol. The molecular formula is C13H27NS. The summed E-state index contributed by atoms with van der Waals surface area (Å²) in [4.78, 5) is 0. The second-order valence-electron chi connectivity index (χ2n) is 4.89. The van der Waals surface area contributed by atoms with E-state index in [-0.39, 0.29) is 0 Å². The first-order chi connectivity index (χ1) is 7.24. The van der Waals surface area contributed by atoms with E-state index in [1.165, 1.54) is 43.6 Å². The fourth-order valence-electron chi connectivity index (χ4n) is 2.53. The Morgan fingerprint density at radius 2 is 1.93 bits per heavy atom. The van der Waals surface area contributed by atoms with Gasteiger partial charge >= 0.3 is 0 Å². The van der Waals surface area contributed by atoms with Crippen molar-refractivity contribution in [3.63, 3.8) is 0 Å². The van der Waals surface area contributed by atoms with E-state index in [9.17, 15) is 0 Å². The van der Waals surface area contributed by atoms with Gasteiger partial charge in [0.05, 0.1) is 0 Å². The maximum Gasteiger partial charge on any atom is 0.00694 e. The molecule has 0 spiro atoms. The lowest BCUT2D eigenvalue weighted by molar-refractivity contribution is 0.346. The fraction of sp³-hybridized carbons (Fsp3) is 1.00. The van der Waals surface area contributed by atoms with Crippen LogP contribution in [-0.4, -0.2) is 23.6 Å². The summed E-state index contributed by atoms with van der Waals surface area (Å²) in [5.74, 6) is 3.51. The van der Waals surface area contributed by atoms with Crippen LogP contribution in [0.4, 0.5) is 0 Å². The number of thioether (sulfide) groups is 1. The Hall–Kier alpha value is 0.310. The topological polar surface area (TPSA) is 12.0 Å². The van der Waals surface area contributed by atoms with Gasteiger partial charge in [-0.25, -0.2) is 0 Å². The van der Waals surface area contributed by atoms with Crippen molar-refractivity contribution in [1.29, 1.82) is 0 Å². The maximum atomic E-state index is 3.77. The normalized spacial score (nSPS) is 21.8. The summed E-state index contributed by atoms with van der Waals surface area (Å²) in [7, 11) is 0. The molecule has 2 atom stereocenters. The smallest absolute Gasteiger partial charge is 0.00694 e. The molecule has 15 heavy (non-hydrogen) atoms. The number of rotatable bonds is 7. The molecule has 1 fully saturated rings. The van der Waals surface area contributed by atoms with Gasteiger partial charge in [0.25, 0.3) is 0 Å². The molecule has 0 heterocycles. The van der Waals surface area contributed by atoms with E-state index in [0.717, 1.165) is 12.0 Å². The van der Waals surface area contributed by atoms with E-state index in [0.29, 0.717) is 6.04 Å². The van der Waals surface area contributed by atoms with Crippen molar-refractivity contribution in [2.45, 2.75) is 65.0 Å².